The average Bonchev–Trinajstić information content (AvgIpc) is 3.40. The Morgan fingerprint density at radius 3 is 2.74 bits per heavy atom. The highest BCUT2D eigenvalue weighted by atomic mass is 32.1. The summed E-state index contributed by atoms with van der Waals surface area (Å²) in [4.78, 5) is 38.2. The number of benzene rings is 1. The van der Waals surface area contributed by atoms with E-state index in [1.165, 1.54) is 11.3 Å². The lowest BCUT2D eigenvalue weighted by molar-refractivity contribution is -0.132. The molecule has 1 aromatic carbocycles. The molecule has 8 heteroatoms. The second-order valence-electron chi connectivity index (χ2n) is 8.66. The van der Waals surface area contributed by atoms with Crippen LogP contribution in [0.4, 0.5) is 0 Å². The van der Waals surface area contributed by atoms with Crippen LogP contribution in [0.1, 0.15) is 34.5 Å². The van der Waals surface area contributed by atoms with Crippen molar-refractivity contribution in [1.82, 2.24) is 19.8 Å². The lowest BCUT2D eigenvalue weighted by atomic mass is 9.84. The van der Waals surface area contributed by atoms with E-state index in [-0.39, 0.29) is 23.8 Å². The van der Waals surface area contributed by atoms with E-state index >= 15 is 0 Å². The van der Waals surface area contributed by atoms with E-state index < -0.39 is 0 Å². The molecule has 1 fully saturated rings. The molecule has 4 rings (SSSR count). The van der Waals surface area contributed by atoms with Gasteiger partial charge in [0.15, 0.2) is 0 Å². The van der Waals surface area contributed by atoms with E-state index in [0.29, 0.717) is 25.1 Å². The van der Waals surface area contributed by atoms with E-state index in [2.05, 4.69) is 16.0 Å². The minimum atomic E-state index is -0.0389. The van der Waals surface area contributed by atoms with Gasteiger partial charge in [-0.1, -0.05) is 12.1 Å². The van der Waals surface area contributed by atoms with Crippen molar-refractivity contribution in [2.24, 2.45) is 5.92 Å². The number of likely N-dealkylation sites (tertiary alicyclic amines) is 1. The number of carbonyl (C=O) groups excluding carboxylic acids is 2. The van der Waals surface area contributed by atoms with Crippen molar-refractivity contribution in [1.29, 1.82) is 0 Å². The highest BCUT2D eigenvalue weighted by molar-refractivity contribution is 7.07. The number of hydrogen-bond acceptors (Lipinski definition) is 6. The molecule has 1 aliphatic heterocycles. The molecule has 0 spiro atoms. The molecule has 1 aliphatic rings. The molecule has 1 atom stereocenters. The fraction of sp³-hybridized carbons (Fsp3) is 0.385. The number of carbonyl (C=O) groups is 2. The summed E-state index contributed by atoms with van der Waals surface area (Å²) >= 11 is 1.51. The minimum absolute atomic E-state index is 0.00407. The zero-order valence-electron chi connectivity index (χ0n) is 19.6. The highest BCUT2D eigenvalue weighted by Gasteiger charge is 2.33. The van der Waals surface area contributed by atoms with Crippen molar-refractivity contribution < 1.29 is 14.3 Å². The van der Waals surface area contributed by atoms with Crippen LogP contribution in [-0.4, -0.2) is 64.9 Å². The average molecular weight is 479 g/mol. The summed E-state index contributed by atoms with van der Waals surface area (Å²) < 4.78 is 5.41. The molecule has 0 aliphatic carbocycles. The first-order chi connectivity index (χ1) is 16.5. The Bertz CT molecular complexity index is 1080. The van der Waals surface area contributed by atoms with Crippen LogP contribution in [-0.2, 0) is 17.6 Å². The van der Waals surface area contributed by atoms with Gasteiger partial charge in [-0.2, -0.15) is 0 Å². The number of likely N-dealkylation sites (N-methyl/N-ethyl adjacent to an activating group) is 1. The third-order valence-electron chi connectivity index (χ3n) is 6.56. The standard InChI is InChI=1S/C26H30N4O3S/c1-29(26(32)21-6-4-10-27-16-21)24(14-19-5-3-7-23(13-19)33-2)20-8-11-30(12-9-20)25(31)15-22-17-34-18-28-22/h3-7,10,13,16-18,20,24H,8-9,11-12,14-15H2,1-2H3/t24-/m1/s1. The molecule has 7 nitrogen and oxygen atoms in total. The maximum Gasteiger partial charge on any atom is 0.255 e. The first kappa shape index (κ1) is 23.9. The number of nitrogens with zero attached hydrogens (tertiary/aromatic N) is 4. The van der Waals surface area contributed by atoms with Gasteiger partial charge in [-0.05, 0) is 55.0 Å². The number of piperidine rings is 1. The molecular formula is C26H30N4O3S. The van der Waals surface area contributed by atoms with Gasteiger partial charge in [0.2, 0.25) is 5.91 Å². The molecule has 3 heterocycles. The van der Waals surface area contributed by atoms with Gasteiger partial charge in [-0.15, -0.1) is 11.3 Å². The summed E-state index contributed by atoms with van der Waals surface area (Å²) in [5.74, 6) is 1.16. The van der Waals surface area contributed by atoms with Gasteiger partial charge >= 0.3 is 0 Å². The van der Waals surface area contributed by atoms with Crippen LogP contribution in [0.5, 0.6) is 5.75 Å². The molecule has 0 unspecified atom stereocenters. The monoisotopic (exact) mass is 478 g/mol. The van der Waals surface area contributed by atoms with Crippen molar-refractivity contribution in [3.05, 3.63) is 76.5 Å². The number of aromatic nitrogens is 2. The molecule has 1 saturated heterocycles. The molecule has 0 bridgehead atoms. The number of pyridine rings is 1. The topological polar surface area (TPSA) is 75.6 Å². The molecule has 2 aromatic heterocycles. The molecule has 34 heavy (non-hydrogen) atoms. The SMILES string of the molecule is COc1cccc(C[C@H](C2CCN(C(=O)Cc3cscn3)CC2)N(C)C(=O)c2cccnc2)c1. The zero-order valence-corrected chi connectivity index (χ0v) is 20.4. The van der Waals surface area contributed by atoms with Gasteiger partial charge in [-0.3, -0.25) is 14.6 Å². The van der Waals surface area contributed by atoms with Crippen LogP contribution in [0, 0.1) is 5.92 Å². The largest absolute Gasteiger partial charge is 0.497 e. The third kappa shape index (κ3) is 5.80. The summed E-state index contributed by atoms with van der Waals surface area (Å²) in [5.41, 5.74) is 4.29. The Hall–Kier alpha value is -3.26. The second-order valence-corrected chi connectivity index (χ2v) is 9.37. The number of hydrogen-bond donors (Lipinski definition) is 0. The van der Waals surface area contributed by atoms with Crippen LogP contribution in [0.25, 0.3) is 0 Å². The number of methoxy groups -OCH3 is 1. The van der Waals surface area contributed by atoms with Crippen molar-refractivity contribution in [2.45, 2.75) is 31.7 Å². The van der Waals surface area contributed by atoms with Gasteiger partial charge in [0, 0.05) is 44.0 Å². The lowest BCUT2D eigenvalue weighted by Crippen LogP contribution is -2.48. The fourth-order valence-electron chi connectivity index (χ4n) is 4.63. The normalized spacial score (nSPS) is 15.1. The third-order valence-corrected chi connectivity index (χ3v) is 7.19. The molecule has 0 radical (unpaired) electrons. The number of ether oxygens (including phenoxy) is 1. The minimum Gasteiger partial charge on any atom is -0.497 e. The molecule has 0 saturated carbocycles. The van der Waals surface area contributed by atoms with Gasteiger partial charge in [0.05, 0.1) is 30.3 Å². The van der Waals surface area contributed by atoms with Crippen LogP contribution >= 0.6 is 11.3 Å². The summed E-state index contributed by atoms with van der Waals surface area (Å²) in [6, 6.07) is 11.6. The second kappa shape index (κ2) is 11.2. The van der Waals surface area contributed by atoms with E-state index in [4.69, 9.17) is 4.74 Å². The maximum absolute atomic E-state index is 13.3. The van der Waals surface area contributed by atoms with Crippen molar-refractivity contribution in [3.8, 4) is 5.75 Å². The molecular weight excluding hydrogens is 448 g/mol. The highest BCUT2D eigenvalue weighted by Crippen LogP contribution is 2.28. The Morgan fingerprint density at radius 2 is 2.06 bits per heavy atom. The maximum atomic E-state index is 13.3. The van der Waals surface area contributed by atoms with E-state index in [9.17, 15) is 9.59 Å². The summed E-state index contributed by atoms with van der Waals surface area (Å²) in [5, 5.41) is 1.92. The molecule has 0 N–H and O–H groups in total. The van der Waals surface area contributed by atoms with Crippen LogP contribution in [0.15, 0.2) is 59.7 Å². The summed E-state index contributed by atoms with van der Waals surface area (Å²) in [6.07, 6.45) is 6.05. The Morgan fingerprint density at radius 1 is 1.24 bits per heavy atom. The zero-order chi connectivity index (χ0) is 23.9. The van der Waals surface area contributed by atoms with Crippen molar-refractivity contribution in [3.63, 3.8) is 0 Å². The van der Waals surface area contributed by atoms with Crippen LogP contribution in [0.2, 0.25) is 0 Å². The van der Waals surface area contributed by atoms with E-state index in [0.717, 1.165) is 36.3 Å². The van der Waals surface area contributed by atoms with Crippen molar-refractivity contribution in [2.75, 3.05) is 27.2 Å². The smallest absolute Gasteiger partial charge is 0.255 e. The van der Waals surface area contributed by atoms with E-state index in [1.807, 2.05) is 40.4 Å². The number of thiazole rings is 1. The van der Waals surface area contributed by atoms with Crippen LogP contribution in [0.3, 0.4) is 0 Å². The number of amides is 2. The summed E-state index contributed by atoms with van der Waals surface area (Å²) in [7, 11) is 3.53. The Labute approximate surface area is 204 Å². The number of rotatable bonds is 8. The van der Waals surface area contributed by atoms with E-state index in [1.54, 1.807) is 37.1 Å². The predicted molar refractivity (Wildman–Crippen MR) is 132 cm³/mol. The van der Waals surface area contributed by atoms with Crippen LogP contribution < -0.4 is 4.74 Å². The lowest BCUT2D eigenvalue weighted by Gasteiger charge is -2.40. The molecule has 3 aromatic rings. The fourth-order valence-corrected chi connectivity index (χ4v) is 5.19. The predicted octanol–water partition coefficient (Wildman–Crippen LogP) is 3.71. The Kier molecular flexibility index (Phi) is 7.90. The first-order valence-corrected chi connectivity index (χ1v) is 12.4. The van der Waals surface area contributed by atoms with Gasteiger partial charge < -0.3 is 14.5 Å². The van der Waals surface area contributed by atoms with Gasteiger partial charge in [0.25, 0.3) is 5.91 Å². The Balaban J connectivity index is 1.48. The van der Waals surface area contributed by atoms with Gasteiger partial charge in [0.1, 0.15) is 5.75 Å². The molecule has 2 amide bonds. The molecule has 178 valence electrons. The van der Waals surface area contributed by atoms with Gasteiger partial charge in [-0.25, -0.2) is 4.98 Å². The quantitative estimate of drug-likeness (QED) is 0.493. The van der Waals surface area contributed by atoms with Crippen molar-refractivity contribution >= 4 is 23.2 Å². The first-order valence-electron chi connectivity index (χ1n) is 11.5. The summed E-state index contributed by atoms with van der Waals surface area (Å²) in [6.45, 7) is 1.38.